The van der Waals surface area contributed by atoms with Crippen LogP contribution in [0.3, 0.4) is 0 Å². The molecule has 19 heteroatoms. The van der Waals surface area contributed by atoms with E-state index in [-0.39, 0.29) is 31.6 Å². The van der Waals surface area contributed by atoms with E-state index in [1.807, 2.05) is 13.0 Å². The minimum Gasteiger partial charge on any atom is -0.481 e. The minimum atomic E-state index is -2.36. The topological polar surface area (TPSA) is 323 Å². The number of hydrogen-bond donors (Lipinski definition) is 12. The molecule has 0 aromatic heterocycles. The van der Waals surface area contributed by atoms with Gasteiger partial charge in [-0.25, -0.2) is 0 Å². The standard InChI is InChI=1S/C49H75NO18/c1-28-18-16-14-12-10-8-6-7-9-11-13-15-17-19-36(67-48-46(61)43(50-32(5)51)45(60)31(4)66-48)25-40-42(47(62)63)39(57)27-49(64,68-40)26-35(54)23-38(56)37(55)21-20-33(52)22-34(53)24-41(58)65-30(3)29(2)44(28)59/h6-19,28-31,33-40,42-46,48,52-57,59-61,64H,20-27H2,1-5H3,(H,50,51)(H,62,63)/t28-,29-,30-,31+,33+,34+,35-,36-,37+,38+,39-,40-,42-,43-,44+,45+,46-,48-,49+/m0/s1. The minimum absolute atomic E-state index is 0.119. The number of rotatable bonds is 4. The van der Waals surface area contributed by atoms with Crippen LogP contribution in [-0.4, -0.2) is 171 Å². The largest absolute Gasteiger partial charge is 0.481 e. The van der Waals surface area contributed by atoms with Gasteiger partial charge in [0.2, 0.25) is 5.91 Å². The Balaban J connectivity index is 1.90. The smallest absolute Gasteiger partial charge is 0.311 e. The first-order valence-electron chi connectivity index (χ1n) is 23.2. The second-order valence-corrected chi connectivity index (χ2v) is 18.2. The summed E-state index contributed by atoms with van der Waals surface area (Å²) in [6.45, 7) is 7.90. The second-order valence-electron chi connectivity index (χ2n) is 18.2. The Bertz CT molecular complexity index is 1780. The monoisotopic (exact) mass is 965 g/mol. The van der Waals surface area contributed by atoms with Crippen molar-refractivity contribution in [3.05, 3.63) is 85.1 Å². The van der Waals surface area contributed by atoms with Crippen molar-refractivity contribution in [1.29, 1.82) is 0 Å². The van der Waals surface area contributed by atoms with E-state index in [1.165, 1.54) is 19.9 Å². The van der Waals surface area contributed by atoms with Crippen molar-refractivity contribution in [1.82, 2.24) is 5.32 Å². The van der Waals surface area contributed by atoms with Crippen LogP contribution in [0.25, 0.3) is 0 Å². The first-order valence-corrected chi connectivity index (χ1v) is 23.2. The lowest BCUT2D eigenvalue weighted by Gasteiger charge is -2.45. The van der Waals surface area contributed by atoms with Crippen LogP contribution in [0.15, 0.2) is 85.1 Å². The lowest BCUT2D eigenvalue weighted by atomic mass is 9.82. The summed E-state index contributed by atoms with van der Waals surface area (Å²) in [5.74, 6) is -7.49. The molecule has 0 radical (unpaired) electrons. The van der Waals surface area contributed by atoms with Crippen LogP contribution in [-0.2, 0) is 33.3 Å². The maximum atomic E-state index is 12.6. The molecule has 68 heavy (non-hydrogen) atoms. The number of carboxylic acid groups (broad SMARTS) is 1. The molecular weight excluding hydrogens is 891 g/mol. The van der Waals surface area contributed by atoms with Crippen LogP contribution < -0.4 is 5.32 Å². The maximum Gasteiger partial charge on any atom is 0.311 e. The Kier molecular flexibility index (Phi) is 24.6. The fourth-order valence-corrected chi connectivity index (χ4v) is 8.34. The molecule has 0 aromatic carbocycles. The van der Waals surface area contributed by atoms with Gasteiger partial charge in [0.15, 0.2) is 12.1 Å². The van der Waals surface area contributed by atoms with Crippen LogP contribution in [0.5, 0.6) is 0 Å². The molecule has 3 aliphatic heterocycles. The van der Waals surface area contributed by atoms with E-state index in [4.69, 9.17) is 18.9 Å². The Labute approximate surface area is 398 Å². The number of ether oxygens (including phenoxy) is 4. The molecule has 1 amide bonds. The third-order valence-electron chi connectivity index (χ3n) is 12.3. The van der Waals surface area contributed by atoms with Crippen molar-refractivity contribution in [2.24, 2.45) is 17.8 Å². The summed E-state index contributed by atoms with van der Waals surface area (Å²) in [5, 5.41) is 122. The quantitative estimate of drug-likeness (QED) is 0.174. The third kappa shape index (κ3) is 19.5. The Hall–Kier alpha value is -3.93. The van der Waals surface area contributed by atoms with Crippen molar-refractivity contribution < 1.29 is 89.5 Å². The average Bonchev–Trinajstić information content (AvgIpc) is 3.24. The van der Waals surface area contributed by atoms with Crippen molar-refractivity contribution in [3.8, 4) is 0 Å². The van der Waals surface area contributed by atoms with Crippen LogP contribution in [0.4, 0.5) is 0 Å². The van der Waals surface area contributed by atoms with E-state index in [2.05, 4.69) is 5.32 Å². The van der Waals surface area contributed by atoms with E-state index in [0.717, 1.165) is 0 Å². The first kappa shape index (κ1) is 58.4. The molecule has 19 atom stereocenters. The van der Waals surface area contributed by atoms with Crippen LogP contribution in [0.1, 0.15) is 86.0 Å². The summed E-state index contributed by atoms with van der Waals surface area (Å²) in [5.41, 5.74) is 0. The molecule has 3 aliphatic rings. The Morgan fingerprint density at radius 1 is 0.662 bits per heavy atom. The molecule has 12 N–H and O–H groups in total. The van der Waals surface area contributed by atoms with Gasteiger partial charge in [0.05, 0.1) is 73.5 Å². The molecule has 0 aromatic rings. The number of amides is 1. The van der Waals surface area contributed by atoms with Gasteiger partial charge in [-0.3, -0.25) is 14.4 Å². The summed E-state index contributed by atoms with van der Waals surface area (Å²) in [6, 6.07) is -1.21. The lowest BCUT2D eigenvalue weighted by Crippen LogP contribution is -2.64. The number of aliphatic hydroxyl groups excluding tert-OH is 9. The summed E-state index contributed by atoms with van der Waals surface area (Å²) in [4.78, 5) is 37.1. The molecule has 0 unspecified atom stereocenters. The number of aliphatic hydroxyl groups is 10. The first-order chi connectivity index (χ1) is 32.0. The molecule has 384 valence electrons. The number of esters is 1. The van der Waals surface area contributed by atoms with Gasteiger partial charge >= 0.3 is 11.9 Å². The fourth-order valence-electron chi connectivity index (χ4n) is 8.34. The summed E-state index contributed by atoms with van der Waals surface area (Å²) in [6.07, 6.45) is 2.48. The van der Waals surface area contributed by atoms with Gasteiger partial charge in [-0.15, -0.1) is 0 Å². The van der Waals surface area contributed by atoms with Gasteiger partial charge in [-0.2, -0.15) is 0 Å². The predicted octanol–water partition coefficient (Wildman–Crippen LogP) is 0.889. The molecule has 0 spiro atoms. The summed E-state index contributed by atoms with van der Waals surface area (Å²) in [7, 11) is 0. The van der Waals surface area contributed by atoms with Crippen molar-refractivity contribution in [3.63, 3.8) is 0 Å². The molecule has 2 bridgehead atoms. The molecule has 2 fully saturated rings. The van der Waals surface area contributed by atoms with Gasteiger partial charge in [0.1, 0.15) is 24.2 Å². The highest BCUT2D eigenvalue weighted by Crippen LogP contribution is 2.38. The number of nitrogens with one attached hydrogen (secondary N) is 1. The number of carboxylic acids is 1. The van der Waals surface area contributed by atoms with E-state index < -0.39 is 153 Å². The predicted molar refractivity (Wildman–Crippen MR) is 247 cm³/mol. The zero-order valence-corrected chi connectivity index (χ0v) is 39.4. The molecule has 19 nitrogen and oxygen atoms in total. The van der Waals surface area contributed by atoms with E-state index in [1.54, 1.807) is 86.8 Å². The van der Waals surface area contributed by atoms with Crippen LogP contribution in [0.2, 0.25) is 0 Å². The number of hydrogen-bond acceptors (Lipinski definition) is 17. The number of allylic oxidation sites excluding steroid dienone is 12. The Morgan fingerprint density at radius 3 is 1.81 bits per heavy atom. The highest BCUT2D eigenvalue weighted by Gasteiger charge is 2.51. The SMILES string of the molecule is CC(=O)N[C@@H]1[C@H](O)[C@H](O[C@H]2C=CC=CC=CC=CC=CC=CC=C[C@H](C)[C@@H](O)[C@@H](C)[C@H](C)OC(=O)C[C@H](O)C[C@H](O)CC[C@@H](O)[C@H](O)C[C@H](O)C[C@]3(O)C[C@H](O)[C@H](C(=O)O)[C@H](C2)O3)O[C@H](C)[C@H]1O. The van der Waals surface area contributed by atoms with E-state index in [9.17, 15) is 70.6 Å². The number of aliphatic carboxylic acids is 1. The molecule has 3 heterocycles. The molecular formula is C49H75NO18. The maximum absolute atomic E-state index is 12.6. The highest BCUT2D eigenvalue weighted by molar-refractivity contribution is 5.73. The summed E-state index contributed by atoms with van der Waals surface area (Å²) < 4.78 is 23.3. The molecule has 0 saturated carbocycles. The zero-order chi connectivity index (χ0) is 50.7. The fraction of sp³-hybridized carbons (Fsp3) is 0.653. The molecule has 2 saturated heterocycles. The van der Waals surface area contributed by atoms with Gasteiger partial charge in [-0.1, -0.05) is 98.9 Å². The number of carbonyl (C=O) groups is 3. The van der Waals surface area contributed by atoms with Crippen molar-refractivity contribution in [2.45, 2.75) is 183 Å². The molecule has 0 aliphatic carbocycles. The highest BCUT2D eigenvalue weighted by atomic mass is 16.7. The van der Waals surface area contributed by atoms with Gasteiger partial charge in [0.25, 0.3) is 0 Å². The van der Waals surface area contributed by atoms with E-state index >= 15 is 0 Å². The zero-order valence-electron chi connectivity index (χ0n) is 39.4. The van der Waals surface area contributed by atoms with Crippen LogP contribution >= 0.6 is 0 Å². The van der Waals surface area contributed by atoms with Crippen molar-refractivity contribution in [2.75, 3.05) is 0 Å². The second kappa shape index (κ2) is 28.7. The normalized spacial score (nSPS) is 40.6. The van der Waals surface area contributed by atoms with Gasteiger partial charge in [0, 0.05) is 44.4 Å². The third-order valence-corrected chi connectivity index (χ3v) is 12.3. The summed E-state index contributed by atoms with van der Waals surface area (Å²) >= 11 is 0. The molecule has 3 rings (SSSR count). The average molecular weight is 966 g/mol. The van der Waals surface area contributed by atoms with Crippen LogP contribution in [0, 0.1) is 17.8 Å². The number of cyclic esters (lactones) is 1. The Morgan fingerprint density at radius 2 is 1.24 bits per heavy atom. The lowest BCUT2D eigenvalue weighted by molar-refractivity contribution is -0.309. The van der Waals surface area contributed by atoms with Gasteiger partial charge in [-0.05, 0) is 33.1 Å². The van der Waals surface area contributed by atoms with Crippen molar-refractivity contribution >= 4 is 17.8 Å². The van der Waals surface area contributed by atoms with Gasteiger partial charge < -0.3 is 80.4 Å². The van der Waals surface area contributed by atoms with E-state index in [0.29, 0.717) is 0 Å². The number of fused-ring (bicyclic) bond motifs is 2. The number of carbonyl (C=O) groups excluding carboxylic acids is 2.